The number of non-ortho nitro benzene ring substituents is 1. The van der Waals surface area contributed by atoms with Crippen LogP contribution in [0.5, 0.6) is 0 Å². The number of nitro groups is 1. The Morgan fingerprint density at radius 1 is 1.50 bits per heavy atom. The molecule has 0 aliphatic rings. The number of hydrogen-bond donors (Lipinski definition) is 0. The van der Waals surface area contributed by atoms with Crippen LogP contribution in [0, 0.1) is 15.9 Å². The third-order valence-corrected chi connectivity index (χ3v) is 2.24. The normalized spacial score (nSPS) is 10.5. The van der Waals surface area contributed by atoms with Gasteiger partial charge in [-0.3, -0.25) is 10.1 Å². The predicted octanol–water partition coefficient (Wildman–Crippen LogP) is 1.58. The van der Waals surface area contributed by atoms with E-state index in [1.54, 1.807) is 19.0 Å². The summed E-state index contributed by atoms with van der Waals surface area (Å²) in [6, 6.07) is 1.99. The Kier molecular flexibility index (Phi) is 4.33. The number of rotatable bonds is 4. The lowest BCUT2D eigenvalue weighted by Crippen LogP contribution is -2.15. The summed E-state index contributed by atoms with van der Waals surface area (Å²) in [7, 11) is 4.47. The second-order valence-electron chi connectivity index (χ2n) is 3.95. The van der Waals surface area contributed by atoms with Crippen LogP contribution in [-0.2, 0) is 11.3 Å². The number of benzene rings is 1. The van der Waals surface area contributed by atoms with Crippen LogP contribution in [0.1, 0.15) is 15.9 Å². The summed E-state index contributed by atoms with van der Waals surface area (Å²) in [6.07, 6.45) is 0. The number of ether oxygens (including phenoxy) is 1. The lowest BCUT2D eigenvalue weighted by Gasteiger charge is -2.12. The van der Waals surface area contributed by atoms with E-state index in [9.17, 15) is 19.3 Å². The minimum Gasteiger partial charge on any atom is -0.465 e. The van der Waals surface area contributed by atoms with Gasteiger partial charge in [-0.2, -0.15) is 0 Å². The zero-order chi connectivity index (χ0) is 13.9. The van der Waals surface area contributed by atoms with Crippen molar-refractivity contribution in [1.29, 1.82) is 0 Å². The van der Waals surface area contributed by atoms with Crippen LogP contribution in [0.2, 0.25) is 0 Å². The second kappa shape index (κ2) is 5.54. The number of carbonyl (C=O) groups is 1. The maximum atomic E-state index is 14.0. The monoisotopic (exact) mass is 256 g/mol. The molecule has 0 aliphatic heterocycles. The van der Waals surface area contributed by atoms with Crippen molar-refractivity contribution in [3.8, 4) is 0 Å². The Balaban J connectivity index is 3.37. The number of esters is 1. The quantitative estimate of drug-likeness (QED) is 0.464. The van der Waals surface area contributed by atoms with Gasteiger partial charge in [0.2, 0.25) is 0 Å². The van der Waals surface area contributed by atoms with Crippen molar-refractivity contribution in [2.24, 2.45) is 0 Å². The van der Waals surface area contributed by atoms with E-state index >= 15 is 0 Å². The second-order valence-corrected chi connectivity index (χ2v) is 3.95. The van der Waals surface area contributed by atoms with Crippen molar-refractivity contribution < 1.29 is 18.8 Å². The summed E-state index contributed by atoms with van der Waals surface area (Å²) in [6.45, 7) is 0.150. The Morgan fingerprint density at radius 2 is 2.11 bits per heavy atom. The zero-order valence-corrected chi connectivity index (χ0v) is 10.3. The molecular weight excluding hydrogens is 243 g/mol. The van der Waals surface area contributed by atoms with E-state index in [-0.39, 0.29) is 17.8 Å². The first-order chi connectivity index (χ1) is 8.36. The van der Waals surface area contributed by atoms with Crippen LogP contribution in [0.3, 0.4) is 0 Å². The SMILES string of the molecule is COC(=O)c1cc([N+](=O)[O-])cc(CN(C)C)c1F. The molecule has 0 fully saturated rings. The van der Waals surface area contributed by atoms with Gasteiger partial charge >= 0.3 is 5.97 Å². The fourth-order valence-corrected chi connectivity index (χ4v) is 1.49. The fourth-order valence-electron chi connectivity index (χ4n) is 1.49. The van der Waals surface area contributed by atoms with Crippen LogP contribution in [-0.4, -0.2) is 37.0 Å². The summed E-state index contributed by atoms with van der Waals surface area (Å²) in [5.74, 6) is -1.72. The third kappa shape index (κ3) is 3.01. The van der Waals surface area contributed by atoms with Crippen molar-refractivity contribution in [2.75, 3.05) is 21.2 Å². The lowest BCUT2D eigenvalue weighted by molar-refractivity contribution is -0.385. The van der Waals surface area contributed by atoms with Gasteiger partial charge in [-0.05, 0) is 14.1 Å². The lowest BCUT2D eigenvalue weighted by atomic mass is 10.1. The van der Waals surface area contributed by atoms with Crippen molar-refractivity contribution in [1.82, 2.24) is 4.90 Å². The number of carbonyl (C=O) groups excluding carboxylic acids is 1. The highest BCUT2D eigenvalue weighted by Gasteiger charge is 2.22. The molecule has 0 radical (unpaired) electrons. The number of halogens is 1. The van der Waals surface area contributed by atoms with Crippen LogP contribution >= 0.6 is 0 Å². The highest BCUT2D eigenvalue weighted by molar-refractivity contribution is 5.90. The molecule has 0 spiro atoms. The molecule has 0 saturated carbocycles. The average Bonchev–Trinajstić information content (AvgIpc) is 2.29. The summed E-state index contributed by atoms with van der Waals surface area (Å²) in [4.78, 5) is 23.0. The Bertz CT molecular complexity index is 488. The Morgan fingerprint density at radius 3 is 2.56 bits per heavy atom. The van der Waals surface area contributed by atoms with E-state index in [1.165, 1.54) is 0 Å². The van der Waals surface area contributed by atoms with E-state index < -0.39 is 22.3 Å². The summed E-state index contributed by atoms with van der Waals surface area (Å²) < 4.78 is 18.4. The van der Waals surface area contributed by atoms with E-state index in [2.05, 4.69) is 4.74 Å². The first-order valence-corrected chi connectivity index (χ1v) is 5.06. The van der Waals surface area contributed by atoms with Gasteiger partial charge in [0.25, 0.3) is 5.69 Å². The average molecular weight is 256 g/mol. The van der Waals surface area contributed by atoms with Crippen molar-refractivity contribution in [3.63, 3.8) is 0 Å². The minimum absolute atomic E-state index is 0.0783. The maximum Gasteiger partial charge on any atom is 0.341 e. The number of nitro benzene ring substituents is 1. The van der Waals surface area contributed by atoms with Gasteiger partial charge in [-0.25, -0.2) is 9.18 Å². The smallest absolute Gasteiger partial charge is 0.341 e. The molecular formula is C11H13FN2O4. The minimum atomic E-state index is -0.934. The Hall–Kier alpha value is -2.02. The molecule has 0 aliphatic carbocycles. The molecule has 0 N–H and O–H groups in total. The topological polar surface area (TPSA) is 72.7 Å². The van der Waals surface area contributed by atoms with Crippen molar-refractivity contribution in [2.45, 2.75) is 6.54 Å². The standard InChI is InChI=1S/C11H13FN2O4/c1-13(2)6-7-4-8(14(16)17)5-9(10(7)12)11(15)18-3/h4-5H,6H2,1-3H3. The molecule has 1 aromatic carbocycles. The van der Waals surface area contributed by atoms with E-state index in [4.69, 9.17) is 0 Å². The highest BCUT2D eigenvalue weighted by Crippen LogP contribution is 2.23. The molecule has 1 aromatic rings. The van der Waals surface area contributed by atoms with Crippen LogP contribution in [0.25, 0.3) is 0 Å². The summed E-state index contributed by atoms with van der Waals surface area (Å²) in [5, 5.41) is 10.7. The van der Waals surface area contributed by atoms with Gasteiger partial charge < -0.3 is 9.64 Å². The molecule has 0 amide bonds. The van der Waals surface area contributed by atoms with Gasteiger partial charge in [0.1, 0.15) is 11.4 Å². The predicted molar refractivity (Wildman–Crippen MR) is 61.8 cm³/mol. The van der Waals surface area contributed by atoms with Gasteiger partial charge in [0, 0.05) is 24.2 Å². The van der Waals surface area contributed by atoms with Crippen LogP contribution in [0.15, 0.2) is 12.1 Å². The molecule has 0 bridgehead atoms. The highest BCUT2D eigenvalue weighted by atomic mass is 19.1. The molecule has 0 saturated heterocycles. The van der Waals surface area contributed by atoms with Crippen LogP contribution in [0.4, 0.5) is 10.1 Å². The van der Waals surface area contributed by atoms with Crippen LogP contribution < -0.4 is 0 Å². The molecule has 0 atom stereocenters. The number of methoxy groups -OCH3 is 1. The first-order valence-electron chi connectivity index (χ1n) is 5.06. The molecule has 0 heterocycles. The maximum absolute atomic E-state index is 14.0. The molecule has 0 unspecified atom stereocenters. The molecule has 6 nitrogen and oxygen atoms in total. The first kappa shape index (κ1) is 14.0. The van der Waals surface area contributed by atoms with Gasteiger partial charge in [0.05, 0.1) is 12.0 Å². The van der Waals surface area contributed by atoms with Gasteiger partial charge in [0.15, 0.2) is 0 Å². The summed E-state index contributed by atoms with van der Waals surface area (Å²) >= 11 is 0. The Labute approximate surface area is 103 Å². The van der Waals surface area contributed by atoms with E-state index in [1.807, 2.05) is 0 Å². The fraction of sp³-hybridized carbons (Fsp3) is 0.364. The van der Waals surface area contributed by atoms with Crippen molar-refractivity contribution in [3.05, 3.63) is 39.2 Å². The number of hydrogen-bond acceptors (Lipinski definition) is 5. The largest absolute Gasteiger partial charge is 0.465 e. The van der Waals surface area contributed by atoms with E-state index in [0.717, 1.165) is 19.2 Å². The summed E-state index contributed by atoms with van der Waals surface area (Å²) in [5.41, 5.74) is -0.688. The molecule has 7 heteroatoms. The van der Waals surface area contributed by atoms with Gasteiger partial charge in [-0.15, -0.1) is 0 Å². The third-order valence-electron chi connectivity index (χ3n) is 2.24. The zero-order valence-electron chi connectivity index (χ0n) is 10.3. The van der Waals surface area contributed by atoms with Crippen molar-refractivity contribution >= 4 is 11.7 Å². The number of nitrogens with zero attached hydrogens (tertiary/aromatic N) is 2. The van der Waals surface area contributed by atoms with Gasteiger partial charge in [-0.1, -0.05) is 0 Å². The molecule has 18 heavy (non-hydrogen) atoms. The van der Waals surface area contributed by atoms with E-state index in [0.29, 0.717) is 0 Å². The molecule has 1 rings (SSSR count). The molecule has 98 valence electrons. The molecule has 0 aromatic heterocycles.